The number of carbonyl (C=O) groups is 2. The number of ether oxygens (including phenoxy) is 2. The standard InChI is InChI=1S/C42H56N2O4S4/c1-5-43(6-2)29-19-11-17-27-41(35-23-13-9-14-24-35,39-49-31-21-32-50-39)47-37(45)38(46)48-42(36-25-15-10-16-26-36,40-51-33-22-34-52-40)28-18-12-20-30-44(7-3)8-4/h9-10,13-16,23-26,39-40H,5-8,17-18,21-22,27-34H2,1-4H3. The number of nitrogens with zero attached hydrogens (tertiary/aromatic N) is 2. The third-order valence-electron chi connectivity index (χ3n) is 9.54. The van der Waals surface area contributed by atoms with Crippen molar-refractivity contribution in [3.63, 3.8) is 0 Å². The normalized spacial score (nSPS) is 17.6. The second kappa shape index (κ2) is 22.9. The first-order valence-corrected chi connectivity index (χ1v) is 23.0. The van der Waals surface area contributed by atoms with Crippen LogP contribution in [-0.4, -0.2) is 93.2 Å². The van der Waals surface area contributed by atoms with Gasteiger partial charge < -0.3 is 9.47 Å². The van der Waals surface area contributed by atoms with Crippen molar-refractivity contribution < 1.29 is 19.1 Å². The monoisotopic (exact) mass is 780 g/mol. The number of hydrogen-bond donors (Lipinski definition) is 0. The Labute approximate surface area is 330 Å². The molecule has 0 aliphatic carbocycles. The molecule has 2 aromatic carbocycles. The van der Waals surface area contributed by atoms with Gasteiger partial charge in [0.25, 0.3) is 0 Å². The Morgan fingerprint density at radius 2 is 0.942 bits per heavy atom. The van der Waals surface area contributed by atoms with E-state index in [9.17, 15) is 9.59 Å². The largest absolute Gasteiger partial charge is 0.444 e. The highest BCUT2D eigenvalue weighted by molar-refractivity contribution is 8.18. The molecule has 0 bridgehead atoms. The maximum Gasteiger partial charge on any atom is 0.418 e. The summed E-state index contributed by atoms with van der Waals surface area (Å²) in [7, 11) is 0. The molecule has 4 rings (SSSR count). The molecule has 2 atom stereocenters. The first-order valence-electron chi connectivity index (χ1n) is 18.8. The van der Waals surface area contributed by atoms with Crippen molar-refractivity contribution in [2.24, 2.45) is 0 Å². The molecule has 2 fully saturated rings. The highest BCUT2D eigenvalue weighted by Gasteiger charge is 2.50. The van der Waals surface area contributed by atoms with E-state index < -0.39 is 23.1 Å². The number of hydrogen-bond acceptors (Lipinski definition) is 10. The van der Waals surface area contributed by atoms with E-state index in [1.54, 1.807) is 47.0 Å². The number of thioether (sulfide) groups is 4. The second-order valence-corrected chi connectivity index (χ2v) is 18.2. The Kier molecular flexibility index (Phi) is 18.7. The predicted molar refractivity (Wildman–Crippen MR) is 225 cm³/mol. The fourth-order valence-corrected chi connectivity index (χ4v) is 13.1. The number of esters is 2. The molecule has 0 radical (unpaired) electrons. The van der Waals surface area contributed by atoms with Crippen molar-refractivity contribution in [2.75, 3.05) is 62.3 Å². The molecule has 2 saturated heterocycles. The minimum Gasteiger partial charge on any atom is -0.444 e. The molecule has 2 aromatic rings. The second-order valence-electron chi connectivity index (χ2n) is 12.8. The van der Waals surface area contributed by atoms with Crippen LogP contribution in [-0.2, 0) is 30.3 Å². The summed E-state index contributed by atoms with van der Waals surface area (Å²) in [5.41, 5.74) is -0.359. The smallest absolute Gasteiger partial charge is 0.418 e. The fraction of sp³-hybridized carbons (Fsp3) is 0.571. The molecular formula is C42H56N2O4S4. The van der Waals surface area contributed by atoms with Gasteiger partial charge in [-0.2, -0.15) is 0 Å². The highest BCUT2D eigenvalue weighted by Crippen LogP contribution is 2.50. The van der Waals surface area contributed by atoms with E-state index in [0.29, 0.717) is 38.8 Å². The van der Waals surface area contributed by atoms with Gasteiger partial charge in [-0.15, -0.1) is 58.9 Å². The maximum absolute atomic E-state index is 14.3. The minimum atomic E-state index is -1.06. The minimum absolute atomic E-state index is 0.0885. The van der Waals surface area contributed by atoms with Gasteiger partial charge in [-0.25, -0.2) is 9.59 Å². The lowest BCUT2D eigenvalue weighted by molar-refractivity contribution is -0.186. The molecule has 2 heterocycles. The fourth-order valence-electron chi connectivity index (χ4n) is 6.38. The molecule has 0 aromatic heterocycles. The van der Waals surface area contributed by atoms with Gasteiger partial charge in [-0.3, -0.25) is 9.80 Å². The first kappa shape index (κ1) is 42.6. The summed E-state index contributed by atoms with van der Waals surface area (Å²) in [6.45, 7) is 13.7. The SMILES string of the molecule is CCN(CC)CC#CCCC(OC(=O)C(=O)OC(CCC#CCN(CC)CC)(c1ccccc1)C1SCCCS1)(c1ccccc1)C1SCCCS1. The zero-order valence-corrected chi connectivity index (χ0v) is 34.7. The van der Waals surface area contributed by atoms with Crippen molar-refractivity contribution in [3.05, 3.63) is 71.8 Å². The molecule has 2 aliphatic heterocycles. The van der Waals surface area contributed by atoms with E-state index in [2.05, 4.69) is 61.2 Å². The van der Waals surface area contributed by atoms with Crippen molar-refractivity contribution in [2.45, 2.75) is 86.6 Å². The van der Waals surface area contributed by atoms with E-state index in [-0.39, 0.29) is 9.16 Å². The number of carbonyl (C=O) groups excluding carboxylic acids is 2. The van der Waals surface area contributed by atoms with Crippen LogP contribution in [0.25, 0.3) is 0 Å². The summed E-state index contributed by atoms with van der Waals surface area (Å²) in [6, 6.07) is 19.9. The van der Waals surface area contributed by atoms with E-state index in [4.69, 9.17) is 9.47 Å². The Morgan fingerprint density at radius 1 is 0.596 bits per heavy atom. The topological polar surface area (TPSA) is 59.1 Å². The Hall–Kier alpha value is -2.18. The number of benzene rings is 2. The van der Waals surface area contributed by atoms with Crippen molar-refractivity contribution in [1.82, 2.24) is 9.80 Å². The Morgan fingerprint density at radius 3 is 1.27 bits per heavy atom. The molecule has 0 spiro atoms. The lowest BCUT2D eigenvalue weighted by Crippen LogP contribution is -2.47. The first-order chi connectivity index (χ1) is 25.4. The Bertz CT molecular complexity index is 1370. The molecule has 2 unspecified atom stereocenters. The van der Waals surface area contributed by atoms with E-state index in [0.717, 1.165) is 73.2 Å². The third kappa shape index (κ3) is 11.9. The number of rotatable bonds is 16. The summed E-state index contributed by atoms with van der Waals surface area (Å²) in [5.74, 6) is 15.3. The summed E-state index contributed by atoms with van der Waals surface area (Å²) in [4.78, 5) is 33.2. The zero-order chi connectivity index (χ0) is 37.1. The van der Waals surface area contributed by atoms with Crippen molar-refractivity contribution >= 4 is 59.0 Å². The lowest BCUT2D eigenvalue weighted by atomic mass is 9.89. The lowest BCUT2D eigenvalue weighted by Gasteiger charge is -2.42. The van der Waals surface area contributed by atoms with Gasteiger partial charge in [0.1, 0.15) is 0 Å². The van der Waals surface area contributed by atoms with Crippen LogP contribution in [0.2, 0.25) is 0 Å². The molecule has 52 heavy (non-hydrogen) atoms. The zero-order valence-electron chi connectivity index (χ0n) is 31.4. The average molecular weight is 781 g/mol. The summed E-state index contributed by atoms with van der Waals surface area (Å²) in [5, 5.41) is 0. The maximum atomic E-state index is 14.3. The van der Waals surface area contributed by atoms with Gasteiger partial charge >= 0.3 is 11.9 Å². The molecule has 0 saturated carbocycles. The molecule has 0 N–H and O–H groups in total. The van der Waals surface area contributed by atoms with Crippen LogP contribution >= 0.6 is 47.0 Å². The highest BCUT2D eigenvalue weighted by atomic mass is 32.2. The van der Waals surface area contributed by atoms with Gasteiger partial charge in [0, 0.05) is 25.7 Å². The van der Waals surface area contributed by atoms with Crippen LogP contribution in [0.1, 0.15) is 77.3 Å². The van der Waals surface area contributed by atoms with Crippen LogP contribution < -0.4 is 0 Å². The van der Waals surface area contributed by atoms with E-state index in [1.165, 1.54) is 0 Å². The van der Waals surface area contributed by atoms with Crippen molar-refractivity contribution in [3.8, 4) is 23.7 Å². The molecular weight excluding hydrogens is 725 g/mol. The van der Waals surface area contributed by atoms with Crippen LogP contribution in [0, 0.1) is 23.7 Å². The molecule has 2 aliphatic rings. The van der Waals surface area contributed by atoms with Gasteiger partial charge in [-0.1, -0.05) is 100 Å². The predicted octanol–water partition coefficient (Wildman–Crippen LogP) is 8.51. The van der Waals surface area contributed by atoms with Crippen LogP contribution in [0.5, 0.6) is 0 Å². The molecule has 0 amide bonds. The van der Waals surface area contributed by atoms with E-state index >= 15 is 0 Å². The van der Waals surface area contributed by atoms with Crippen molar-refractivity contribution in [1.29, 1.82) is 0 Å². The van der Waals surface area contributed by atoms with Crippen LogP contribution in [0.4, 0.5) is 0 Å². The third-order valence-corrected chi connectivity index (χ3v) is 16.0. The molecule has 10 heteroatoms. The summed E-state index contributed by atoms with van der Waals surface area (Å²) < 4.78 is 13.0. The molecule has 282 valence electrons. The van der Waals surface area contributed by atoms with E-state index in [1.807, 2.05) is 60.7 Å². The molecule has 6 nitrogen and oxygen atoms in total. The quantitative estimate of drug-likeness (QED) is 0.0942. The van der Waals surface area contributed by atoms with Crippen LogP contribution in [0.3, 0.4) is 0 Å². The Balaban J connectivity index is 1.67. The van der Waals surface area contributed by atoms with Gasteiger partial charge in [0.05, 0.1) is 22.3 Å². The average Bonchev–Trinajstić information content (AvgIpc) is 3.21. The van der Waals surface area contributed by atoms with Gasteiger partial charge in [0.2, 0.25) is 0 Å². The van der Waals surface area contributed by atoms with Gasteiger partial charge in [-0.05, 0) is 73.2 Å². The van der Waals surface area contributed by atoms with Crippen LogP contribution in [0.15, 0.2) is 60.7 Å². The van der Waals surface area contributed by atoms with Gasteiger partial charge in [0.15, 0.2) is 11.2 Å². The summed E-state index contributed by atoms with van der Waals surface area (Å²) in [6.07, 6.45) is 4.20. The summed E-state index contributed by atoms with van der Waals surface area (Å²) >= 11 is 7.20.